The number of hydrogen-bond donors (Lipinski definition) is 2. The Morgan fingerprint density at radius 3 is 2.59 bits per heavy atom. The summed E-state index contributed by atoms with van der Waals surface area (Å²) in [4.78, 5) is 27.0. The molecule has 0 bridgehead atoms. The summed E-state index contributed by atoms with van der Waals surface area (Å²) in [7, 11) is 0. The van der Waals surface area contributed by atoms with E-state index in [0.717, 1.165) is 58.2 Å². The lowest BCUT2D eigenvalue weighted by Gasteiger charge is -2.28. The average Bonchev–Trinajstić information content (AvgIpc) is 3.43. The van der Waals surface area contributed by atoms with E-state index < -0.39 is 0 Å². The van der Waals surface area contributed by atoms with Crippen molar-refractivity contribution in [2.24, 2.45) is 17.8 Å². The number of fused-ring (bicyclic) bond motifs is 1. The lowest BCUT2D eigenvalue weighted by molar-refractivity contribution is -0.127. The molecule has 2 N–H and O–H groups in total. The van der Waals surface area contributed by atoms with E-state index in [4.69, 9.17) is 4.74 Å². The maximum absolute atomic E-state index is 12.6. The Kier molecular flexibility index (Phi) is 6.70. The molecule has 0 spiro atoms. The topological polar surface area (TPSA) is 70.7 Å². The van der Waals surface area contributed by atoms with Crippen molar-refractivity contribution in [1.29, 1.82) is 0 Å². The summed E-state index contributed by atoms with van der Waals surface area (Å²) in [6.45, 7) is 4.60. The number of amides is 2. The van der Waals surface area contributed by atoms with Crippen LogP contribution in [0.25, 0.3) is 0 Å². The fourth-order valence-corrected chi connectivity index (χ4v) is 4.86. The van der Waals surface area contributed by atoms with Gasteiger partial charge in [-0.2, -0.15) is 0 Å². The summed E-state index contributed by atoms with van der Waals surface area (Å²) in [5.74, 6) is 0.969. The van der Waals surface area contributed by atoms with E-state index in [-0.39, 0.29) is 23.7 Å². The van der Waals surface area contributed by atoms with E-state index in [2.05, 4.69) is 39.8 Å². The maximum atomic E-state index is 12.6. The first-order chi connectivity index (χ1) is 14.2. The fraction of sp³-hybridized carbons (Fsp3) is 0.652. The molecule has 6 nitrogen and oxygen atoms in total. The van der Waals surface area contributed by atoms with Crippen molar-refractivity contribution in [2.45, 2.75) is 38.5 Å². The van der Waals surface area contributed by atoms with Gasteiger partial charge in [0.05, 0.1) is 12.5 Å². The normalized spacial score (nSPS) is 26.2. The van der Waals surface area contributed by atoms with Crippen LogP contribution in [-0.4, -0.2) is 51.2 Å². The average molecular weight is 400 g/mol. The lowest BCUT2D eigenvalue weighted by atomic mass is 9.81. The van der Waals surface area contributed by atoms with Gasteiger partial charge in [-0.3, -0.25) is 9.59 Å². The predicted octanol–water partition coefficient (Wildman–Crippen LogP) is 2.12. The van der Waals surface area contributed by atoms with E-state index in [0.29, 0.717) is 25.7 Å². The zero-order valence-corrected chi connectivity index (χ0v) is 17.2. The largest absolute Gasteiger partial charge is 0.381 e. The number of rotatable bonds is 7. The SMILES string of the molecule is O=C(NCCN1CCc2ccccc21)C1CCC(CNC(=O)C2CCOC2)CC1. The number of carbonyl (C=O) groups excluding carboxylic acids is 2. The number of carbonyl (C=O) groups is 2. The summed E-state index contributed by atoms with van der Waals surface area (Å²) < 4.78 is 5.28. The first kappa shape index (κ1) is 20.2. The molecular formula is C23H33N3O3. The summed E-state index contributed by atoms with van der Waals surface area (Å²) in [5.41, 5.74) is 2.72. The second-order valence-corrected chi connectivity index (χ2v) is 8.68. The van der Waals surface area contributed by atoms with Crippen LogP contribution in [0.15, 0.2) is 24.3 Å². The molecule has 3 aliphatic rings. The molecule has 1 atom stereocenters. The number of para-hydroxylation sites is 1. The molecule has 0 aromatic heterocycles. The van der Waals surface area contributed by atoms with Crippen LogP contribution in [0.2, 0.25) is 0 Å². The predicted molar refractivity (Wildman–Crippen MR) is 113 cm³/mol. The van der Waals surface area contributed by atoms with Crippen LogP contribution in [-0.2, 0) is 20.7 Å². The second kappa shape index (κ2) is 9.61. The summed E-state index contributed by atoms with van der Waals surface area (Å²) in [5, 5.41) is 6.24. The minimum atomic E-state index is 0.0275. The second-order valence-electron chi connectivity index (χ2n) is 8.68. The summed E-state index contributed by atoms with van der Waals surface area (Å²) in [6.07, 6.45) is 5.80. The van der Waals surface area contributed by atoms with Crippen molar-refractivity contribution in [2.75, 3.05) is 44.3 Å². The van der Waals surface area contributed by atoms with Gasteiger partial charge in [0.25, 0.3) is 0 Å². The molecule has 0 radical (unpaired) electrons. The molecule has 1 aromatic carbocycles. The Bertz CT molecular complexity index is 709. The third kappa shape index (κ3) is 5.10. The highest BCUT2D eigenvalue weighted by Crippen LogP contribution is 2.29. The highest BCUT2D eigenvalue weighted by Gasteiger charge is 2.28. The van der Waals surface area contributed by atoms with Crippen LogP contribution >= 0.6 is 0 Å². The molecule has 29 heavy (non-hydrogen) atoms. The van der Waals surface area contributed by atoms with Gasteiger partial charge in [-0.1, -0.05) is 18.2 Å². The van der Waals surface area contributed by atoms with E-state index in [1.54, 1.807) is 0 Å². The molecular weight excluding hydrogens is 366 g/mol. The molecule has 158 valence electrons. The Balaban J connectivity index is 1.12. The monoisotopic (exact) mass is 399 g/mol. The van der Waals surface area contributed by atoms with Crippen LogP contribution in [0, 0.1) is 17.8 Å². The maximum Gasteiger partial charge on any atom is 0.225 e. The number of ether oxygens (including phenoxy) is 1. The first-order valence-electron chi connectivity index (χ1n) is 11.2. The van der Waals surface area contributed by atoms with Crippen molar-refractivity contribution in [3.05, 3.63) is 29.8 Å². The zero-order chi connectivity index (χ0) is 20.1. The first-order valence-corrected chi connectivity index (χ1v) is 11.2. The summed E-state index contributed by atoms with van der Waals surface area (Å²) >= 11 is 0. The van der Waals surface area contributed by atoms with E-state index >= 15 is 0 Å². The molecule has 2 amide bonds. The molecule has 2 fully saturated rings. The molecule has 6 heteroatoms. The molecule has 1 aliphatic carbocycles. The number of nitrogens with one attached hydrogen (secondary N) is 2. The Labute approximate surface area is 173 Å². The van der Waals surface area contributed by atoms with Gasteiger partial charge in [-0.25, -0.2) is 0 Å². The van der Waals surface area contributed by atoms with Crippen LogP contribution in [0.4, 0.5) is 5.69 Å². The molecule has 1 unspecified atom stereocenters. The van der Waals surface area contributed by atoms with Crippen LogP contribution in [0.3, 0.4) is 0 Å². The lowest BCUT2D eigenvalue weighted by Crippen LogP contribution is -2.40. The molecule has 2 aliphatic heterocycles. The molecule has 2 heterocycles. The Hall–Kier alpha value is -2.08. The fourth-order valence-electron chi connectivity index (χ4n) is 4.86. The molecule has 1 saturated heterocycles. The number of hydrogen-bond acceptors (Lipinski definition) is 4. The van der Waals surface area contributed by atoms with E-state index in [1.165, 1.54) is 11.3 Å². The summed E-state index contributed by atoms with van der Waals surface area (Å²) in [6, 6.07) is 8.54. The van der Waals surface area contributed by atoms with Gasteiger partial charge in [0.2, 0.25) is 11.8 Å². The van der Waals surface area contributed by atoms with Gasteiger partial charge in [-0.15, -0.1) is 0 Å². The van der Waals surface area contributed by atoms with E-state index in [9.17, 15) is 9.59 Å². The van der Waals surface area contributed by atoms with Gasteiger partial charge in [-0.05, 0) is 56.1 Å². The van der Waals surface area contributed by atoms with E-state index in [1.807, 2.05) is 0 Å². The van der Waals surface area contributed by atoms with Crippen molar-refractivity contribution in [3.8, 4) is 0 Å². The van der Waals surface area contributed by atoms with Crippen LogP contribution < -0.4 is 15.5 Å². The van der Waals surface area contributed by atoms with Gasteiger partial charge >= 0.3 is 0 Å². The number of anilines is 1. The van der Waals surface area contributed by atoms with Crippen LogP contribution in [0.1, 0.15) is 37.7 Å². The van der Waals surface area contributed by atoms with Gasteiger partial charge in [0, 0.05) is 44.4 Å². The highest BCUT2D eigenvalue weighted by molar-refractivity contribution is 5.79. The molecule has 1 saturated carbocycles. The van der Waals surface area contributed by atoms with Gasteiger partial charge in [0.15, 0.2) is 0 Å². The number of nitrogens with zero attached hydrogens (tertiary/aromatic N) is 1. The van der Waals surface area contributed by atoms with Crippen molar-refractivity contribution in [1.82, 2.24) is 10.6 Å². The van der Waals surface area contributed by atoms with Crippen molar-refractivity contribution < 1.29 is 14.3 Å². The van der Waals surface area contributed by atoms with Crippen molar-refractivity contribution >= 4 is 17.5 Å². The van der Waals surface area contributed by atoms with Crippen molar-refractivity contribution in [3.63, 3.8) is 0 Å². The zero-order valence-electron chi connectivity index (χ0n) is 17.2. The molecule has 1 aromatic rings. The highest BCUT2D eigenvalue weighted by atomic mass is 16.5. The van der Waals surface area contributed by atoms with Gasteiger partial charge in [0.1, 0.15) is 0 Å². The third-order valence-corrected chi connectivity index (χ3v) is 6.75. The Morgan fingerprint density at radius 2 is 1.79 bits per heavy atom. The van der Waals surface area contributed by atoms with Gasteiger partial charge < -0.3 is 20.3 Å². The minimum Gasteiger partial charge on any atom is -0.381 e. The minimum absolute atomic E-state index is 0.0275. The molecule has 4 rings (SSSR count). The smallest absolute Gasteiger partial charge is 0.225 e. The van der Waals surface area contributed by atoms with Crippen LogP contribution in [0.5, 0.6) is 0 Å². The standard InChI is InChI=1S/C23H33N3O3/c27-22(24-11-13-26-12-9-18-3-1-2-4-21(18)26)19-7-5-17(6-8-19)15-25-23(28)20-10-14-29-16-20/h1-4,17,19-20H,5-16H2,(H,24,27)(H,25,28). The third-order valence-electron chi connectivity index (χ3n) is 6.75. The quantitative estimate of drug-likeness (QED) is 0.737. The Morgan fingerprint density at radius 1 is 1.00 bits per heavy atom. The number of benzene rings is 1.